The molecule has 0 unspecified atom stereocenters. The first-order valence-electron chi connectivity index (χ1n) is 9.80. The second-order valence-corrected chi connectivity index (χ2v) is 7.37. The van der Waals surface area contributed by atoms with Crippen molar-refractivity contribution in [3.8, 4) is 0 Å². The molecule has 0 saturated heterocycles. The van der Waals surface area contributed by atoms with Gasteiger partial charge in [0, 0.05) is 0 Å². The van der Waals surface area contributed by atoms with Crippen LogP contribution in [-0.4, -0.2) is 22.5 Å². The number of fused-ring (bicyclic) bond motifs is 2. The summed E-state index contributed by atoms with van der Waals surface area (Å²) in [6.07, 6.45) is -0.889. The van der Waals surface area contributed by atoms with Crippen molar-refractivity contribution in [2.75, 3.05) is 6.54 Å². The Hall–Kier alpha value is -3.70. The fourth-order valence-electron chi connectivity index (χ4n) is 4.10. The average Bonchev–Trinajstić information content (AvgIpc) is 3.07. The summed E-state index contributed by atoms with van der Waals surface area (Å²) in [6.45, 7) is 0.0440. The van der Waals surface area contributed by atoms with E-state index in [1.807, 2.05) is 60.7 Å². The van der Waals surface area contributed by atoms with Gasteiger partial charge in [-0.15, -0.1) is 0 Å². The molecule has 1 aliphatic heterocycles. The molecule has 1 amide bonds. The maximum Gasteiger partial charge on any atom is 0.291 e. The highest BCUT2D eigenvalue weighted by atomic mass is 16.3. The van der Waals surface area contributed by atoms with Crippen LogP contribution in [-0.2, 0) is 0 Å². The molecule has 0 radical (unpaired) electrons. The smallest absolute Gasteiger partial charge is 0.291 e. The Balaban J connectivity index is 1.66. The van der Waals surface area contributed by atoms with Gasteiger partial charge in [-0.2, -0.15) is 0 Å². The minimum Gasteiger partial charge on any atom is -0.450 e. The lowest BCUT2D eigenvalue weighted by atomic mass is 9.98. The quantitative estimate of drug-likeness (QED) is 0.564. The van der Waals surface area contributed by atoms with Gasteiger partial charge in [0.25, 0.3) is 5.91 Å². The van der Waals surface area contributed by atoms with Crippen LogP contribution in [0.3, 0.4) is 0 Å². The highest BCUT2D eigenvalue weighted by molar-refractivity contribution is 5.99. The van der Waals surface area contributed by atoms with E-state index in [1.54, 1.807) is 24.3 Å². The summed E-state index contributed by atoms with van der Waals surface area (Å²) in [5.41, 5.74) is 1.99. The van der Waals surface area contributed by atoms with E-state index in [0.717, 1.165) is 5.56 Å². The van der Waals surface area contributed by atoms with Crippen molar-refractivity contribution in [2.45, 2.75) is 12.1 Å². The Labute approximate surface area is 172 Å². The number of carbonyl (C=O) groups is 1. The van der Waals surface area contributed by atoms with Crippen LogP contribution < -0.4 is 5.43 Å². The predicted molar refractivity (Wildman–Crippen MR) is 113 cm³/mol. The second kappa shape index (κ2) is 7.28. The predicted octanol–water partition coefficient (Wildman–Crippen LogP) is 4.07. The van der Waals surface area contributed by atoms with E-state index in [9.17, 15) is 14.7 Å². The number of aliphatic hydroxyl groups is 1. The van der Waals surface area contributed by atoms with Gasteiger partial charge in [0.2, 0.25) is 5.76 Å². The molecule has 3 aromatic carbocycles. The van der Waals surface area contributed by atoms with E-state index in [0.29, 0.717) is 22.1 Å². The first-order valence-corrected chi connectivity index (χ1v) is 9.80. The Morgan fingerprint density at radius 2 is 1.50 bits per heavy atom. The summed E-state index contributed by atoms with van der Waals surface area (Å²) in [5.74, 6) is -0.343. The van der Waals surface area contributed by atoms with Crippen LogP contribution in [0.15, 0.2) is 94.1 Å². The molecule has 0 fully saturated rings. The van der Waals surface area contributed by atoms with Crippen molar-refractivity contribution < 1.29 is 14.3 Å². The number of aliphatic hydroxyl groups excluding tert-OH is 1. The summed E-state index contributed by atoms with van der Waals surface area (Å²) in [7, 11) is 0. The third kappa shape index (κ3) is 2.91. The normalized spacial score (nSPS) is 16.6. The number of carbonyl (C=O) groups excluding carboxylic acids is 1. The molecule has 1 N–H and O–H groups in total. The lowest BCUT2D eigenvalue weighted by Crippen LogP contribution is -2.33. The molecular formula is C25H19NO4. The third-order valence-electron chi connectivity index (χ3n) is 5.54. The van der Waals surface area contributed by atoms with Crippen molar-refractivity contribution in [1.29, 1.82) is 0 Å². The Bertz CT molecular complexity index is 1280. The standard InChI is InChI=1S/C25H19NO4/c27-19(16-9-3-1-4-10-16)15-26-22(17-11-5-2-6-12-17)21-23(28)18-13-7-8-14-20(18)30-24(21)25(26)29/h1-14,19,22,27H,15H2/t19-,22+/m0/s1. The zero-order valence-electron chi connectivity index (χ0n) is 16.1. The number of β-amino-alcohol motifs (C(OH)–C–C–N with tert-alkyl or cyclic N) is 1. The van der Waals surface area contributed by atoms with Crippen molar-refractivity contribution in [3.05, 3.63) is 118 Å². The van der Waals surface area contributed by atoms with E-state index in [4.69, 9.17) is 4.42 Å². The molecule has 0 spiro atoms. The molecule has 5 nitrogen and oxygen atoms in total. The zero-order chi connectivity index (χ0) is 20.7. The Morgan fingerprint density at radius 1 is 0.867 bits per heavy atom. The fourth-order valence-corrected chi connectivity index (χ4v) is 4.10. The number of amides is 1. The van der Waals surface area contributed by atoms with Gasteiger partial charge in [-0.05, 0) is 23.3 Å². The summed E-state index contributed by atoms with van der Waals surface area (Å²) < 4.78 is 5.89. The first kappa shape index (κ1) is 18.3. The molecule has 30 heavy (non-hydrogen) atoms. The van der Waals surface area contributed by atoms with Crippen LogP contribution in [0.4, 0.5) is 0 Å². The molecule has 1 aromatic heterocycles. The van der Waals surface area contributed by atoms with Gasteiger partial charge in [0.1, 0.15) is 5.58 Å². The van der Waals surface area contributed by atoms with Crippen LogP contribution >= 0.6 is 0 Å². The molecule has 5 heteroatoms. The van der Waals surface area contributed by atoms with E-state index >= 15 is 0 Å². The number of hydrogen-bond acceptors (Lipinski definition) is 4. The van der Waals surface area contributed by atoms with Crippen LogP contribution in [0.25, 0.3) is 11.0 Å². The maximum atomic E-state index is 13.3. The summed E-state index contributed by atoms with van der Waals surface area (Å²) in [4.78, 5) is 28.2. The number of rotatable bonds is 4. The Morgan fingerprint density at radius 3 is 2.23 bits per heavy atom. The molecule has 5 rings (SSSR count). The second-order valence-electron chi connectivity index (χ2n) is 7.37. The zero-order valence-corrected chi connectivity index (χ0v) is 16.1. The molecule has 0 saturated carbocycles. The summed E-state index contributed by atoms with van der Waals surface area (Å²) in [6, 6.07) is 24.9. The van der Waals surface area contributed by atoms with Gasteiger partial charge in [-0.25, -0.2) is 0 Å². The minimum atomic E-state index is -0.889. The number of hydrogen-bond donors (Lipinski definition) is 1. The van der Waals surface area contributed by atoms with Crippen molar-refractivity contribution in [3.63, 3.8) is 0 Å². The lowest BCUT2D eigenvalue weighted by Gasteiger charge is -2.27. The van der Waals surface area contributed by atoms with Gasteiger partial charge >= 0.3 is 0 Å². The van der Waals surface area contributed by atoms with Crippen molar-refractivity contribution in [2.24, 2.45) is 0 Å². The SMILES string of the molecule is O=C1c2oc3ccccc3c(=O)c2[C@@H](c2ccccc2)N1C[C@H](O)c1ccccc1. The van der Waals surface area contributed by atoms with Gasteiger partial charge in [0.15, 0.2) is 5.43 Å². The highest BCUT2D eigenvalue weighted by Gasteiger charge is 2.43. The molecule has 0 aliphatic carbocycles. The molecule has 4 aromatic rings. The number of nitrogens with zero attached hydrogens (tertiary/aromatic N) is 1. The molecule has 1 aliphatic rings. The van der Waals surface area contributed by atoms with E-state index in [2.05, 4.69) is 0 Å². The lowest BCUT2D eigenvalue weighted by molar-refractivity contribution is 0.0583. The molecule has 0 bridgehead atoms. The molecule has 148 valence electrons. The topological polar surface area (TPSA) is 70.8 Å². The van der Waals surface area contributed by atoms with Crippen LogP contribution in [0, 0.1) is 0 Å². The number of benzene rings is 3. The molecule has 2 atom stereocenters. The van der Waals surface area contributed by atoms with Gasteiger partial charge in [-0.1, -0.05) is 72.8 Å². The van der Waals surface area contributed by atoms with Crippen LogP contribution in [0.1, 0.15) is 39.4 Å². The third-order valence-corrected chi connectivity index (χ3v) is 5.54. The fraction of sp³-hybridized carbons (Fsp3) is 0.120. The first-order chi connectivity index (χ1) is 14.6. The molecular weight excluding hydrogens is 378 g/mol. The minimum absolute atomic E-state index is 0.0440. The van der Waals surface area contributed by atoms with E-state index in [-0.39, 0.29) is 17.7 Å². The average molecular weight is 397 g/mol. The van der Waals surface area contributed by atoms with Gasteiger partial charge in [-0.3, -0.25) is 9.59 Å². The van der Waals surface area contributed by atoms with Gasteiger partial charge < -0.3 is 14.4 Å². The van der Waals surface area contributed by atoms with E-state index < -0.39 is 18.1 Å². The number of para-hydroxylation sites is 1. The van der Waals surface area contributed by atoms with Crippen LogP contribution in [0.5, 0.6) is 0 Å². The van der Waals surface area contributed by atoms with Crippen molar-refractivity contribution in [1.82, 2.24) is 4.90 Å². The Kier molecular flexibility index (Phi) is 4.45. The summed E-state index contributed by atoms with van der Waals surface area (Å²) in [5, 5.41) is 11.2. The maximum absolute atomic E-state index is 13.3. The molecule has 2 heterocycles. The van der Waals surface area contributed by atoms with Gasteiger partial charge in [0.05, 0.1) is 29.6 Å². The highest BCUT2D eigenvalue weighted by Crippen LogP contribution is 2.39. The van der Waals surface area contributed by atoms with E-state index in [1.165, 1.54) is 4.90 Å². The monoisotopic (exact) mass is 397 g/mol. The summed E-state index contributed by atoms with van der Waals surface area (Å²) >= 11 is 0. The largest absolute Gasteiger partial charge is 0.450 e. The van der Waals surface area contributed by atoms with Crippen LogP contribution in [0.2, 0.25) is 0 Å². The van der Waals surface area contributed by atoms with Crippen molar-refractivity contribution >= 4 is 16.9 Å².